The highest BCUT2D eigenvalue weighted by Crippen LogP contribution is 2.38. The van der Waals surface area contributed by atoms with Gasteiger partial charge in [-0.1, -0.05) is 48.5 Å². The summed E-state index contributed by atoms with van der Waals surface area (Å²) in [6, 6.07) is 21.0. The van der Waals surface area contributed by atoms with Gasteiger partial charge in [-0.3, -0.25) is 9.59 Å². The zero-order valence-electron chi connectivity index (χ0n) is 19.2. The number of para-hydroxylation sites is 1. The maximum absolute atomic E-state index is 13.5. The van der Waals surface area contributed by atoms with Gasteiger partial charge in [-0.25, -0.2) is 0 Å². The summed E-state index contributed by atoms with van der Waals surface area (Å²) < 4.78 is 5.36. The topological polar surface area (TPSA) is 77.7 Å². The van der Waals surface area contributed by atoms with Crippen molar-refractivity contribution in [3.8, 4) is 0 Å². The first kappa shape index (κ1) is 22.4. The van der Waals surface area contributed by atoms with Crippen molar-refractivity contribution in [1.82, 2.24) is 10.3 Å². The van der Waals surface area contributed by atoms with Crippen LogP contribution in [-0.2, 0) is 27.2 Å². The van der Waals surface area contributed by atoms with Crippen LogP contribution in [0.15, 0.2) is 66.7 Å². The lowest BCUT2D eigenvalue weighted by molar-refractivity contribution is -0.127. The molecule has 4 aromatic rings. The van der Waals surface area contributed by atoms with Gasteiger partial charge in [-0.05, 0) is 36.2 Å². The zero-order chi connectivity index (χ0) is 23.7. The molecule has 1 saturated heterocycles. The van der Waals surface area contributed by atoms with Gasteiger partial charge in [0.1, 0.15) is 12.1 Å². The van der Waals surface area contributed by atoms with Crippen LogP contribution in [0.5, 0.6) is 0 Å². The van der Waals surface area contributed by atoms with E-state index in [0.29, 0.717) is 6.42 Å². The number of thiophene rings is 1. The SMILES string of the molecule is Cc1[nH]c2ccccc2c1CC(=O)N[C@@H](Cc1ccccc1)C(=O)N(C)c1ccc([C@@H]2CO2)s1. The molecular formula is C27H27N3O3S. The van der Waals surface area contributed by atoms with E-state index in [4.69, 9.17) is 4.74 Å². The first-order valence-corrected chi connectivity index (χ1v) is 12.2. The molecule has 174 valence electrons. The van der Waals surface area contributed by atoms with Gasteiger partial charge in [0.05, 0.1) is 18.0 Å². The number of nitrogens with one attached hydrogen (secondary N) is 2. The largest absolute Gasteiger partial charge is 0.367 e. The number of likely N-dealkylation sites (N-methyl/N-ethyl adjacent to an activating group) is 1. The number of amides is 2. The third-order valence-electron chi connectivity index (χ3n) is 6.20. The van der Waals surface area contributed by atoms with Gasteiger partial charge in [0, 0.05) is 34.9 Å². The Morgan fingerprint density at radius 2 is 1.85 bits per heavy atom. The zero-order valence-corrected chi connectivity index (χ0v) is 20.0. The van der Waals surface area contributed by atoms with E-state index in [2.05, 4.69) is 10.3 Å². The molecule has 0 unspecified atom stereocenters. The minimum absolute atomic E-state index is 0.141. The molecule has 1 aliphatic heterocycles. The van der Waals surface area contributed by atoms with Crippen molar-refractivity contribution < 1.29 is 14.3 Å². The van der Waals surface area contributed by atoms with Crippen molar-refractivity contribution in [3.63, 3.8) is 0 Å². The molecule has 0 radical (unpaired) electrons. The second kappa shape index (κ2) is 9.44. The van der Waals surface area contributed by atoms with Crippen LogP contribution in [0.2, 0.25) is 0 Å². The van der Waals surface area contributed by atoms with Crippen LogP contribution in [0.3, 0.4) is 0 Å². The van der Waals surface area contributed by atoms with Crippen molar-refractivity contribution in [2.75, 3.05) is 18.6 Å². The molecule has 2 atom stereocenters. The fraction of sp³-hybridized carbons (Fsp3) is 0.259. The van der Waals surface area contributed by atoms with Crippen LogP contribution in [0.25, 0.3) is 10.9 Å². The van der Waals surface area contributed by atoms with E-state index in [0.717, 1.165) is 44.2 Å². The minimum atomic E-state index is -0.673. The lowest BCUT2D eigenvalue weighted by Crippen LogP contribution is -2.49. The van der Waals surface area contributed by atoms with Crippen molar-refractivity contribution in [3.05, 3.63) is 88.4 Å². The Morgan fingerprint density at radius 1 is 1.12 bits per heavy atom. The van der Waals surface area contributed by atoms with E-state index < -0.39 is 6.04 Å². The van der Waals surface area contributed by atoms with Crippen molar-refractivity contribution in [1.29, 1.82) is 0 Å². The van der Waals surface area contributed by atoms with E-state index >= 15 is 0 Å². The average Bonchev–Trinajstić information content (AvgIpc) is 3.49. The number of aryl methyl sites for hydroxylation is 1. The van der Waals surface area contributed by atoms with E-state index in [1.165, 1.54) is 0 Å². The summed E-state index contributed by atoms with van der Waals surface area (Å²) in [7, 11) is 1.76. The summed E-state index contributed by atoms with van der Waals surface area (Å²) in [5.74, 6) is -0.313. The number of nitrogens with zero attached hydrogens (tertiary/aromatic N) is 1. The Morgan fingerprint density at radius 3 is 2.62 bits per heavy atom. The third kappa shape index (κ3) is 4.76. The van der Waals surface area contributed by atoms with Gasteiger partial charge >= 0.3 is 0 Å². The van der Waals surface area contributed by atoms with Crippen LogP contribution in [0.1, 0.15) is 27.8 Å². The number of rotatable bonds is 8. The number of anilines is 1. The number of carbonyl (C=O) groups excluding carboxylic acids is 2. The van der Waals surface area contributed by atoms with Gasteiger partial charge in [-0.2, -0.15) is 0 Å². The Bertz CT molecular complexity index is 1320. The molecule has 2 aromatic carbocycles. The van der Waals surface area contributed by atoms with Crippen molar-refractivity contribution >= 4 is 39.1 Å². The molecule has 0 bridgehead atoms. The number of aromatic amines is 1. The average molecular weight is 474 g/mol. The smallest absolute Gasteiger partial charge is 0.250 e. The van der Waals surface area contributed by atoms with E-state index in [1.807, 2.05) is 73.7 Å². The lowest BCUT2D eigenvalue weighted by Gasteiger charge is -2.24. The second-order valence-electron chi connectivity index (χ2n) is 8.66. The standard InChI is InChI=1S/C27H27N3O3S/c1-17-20(19-10-6-7-11-21(19)28-17)15-25(31)29-22(14-18-8-4-3-5-9-18)27(32)30(2)26-13-12-24(34-26)23-16-33-23/h3-13,22-23,28H,14-16H2,1-2H3,(H,29,31)/t22-,23-/m0/s1. The second-order valence-corrected chi connectivity index (χ2v) is 9.75. The number of fused-ring (bicyclic) bond motifs is 1. The summed E-state index contributed by atoms with van der Waals surface area (Å²) in [6.45, 7) is 2.71. The third-order valence-corrected chi connectivity index (χ3v) is 7.46. The van der Waals surface area contributed by atoms with E-state index in [1.54, 1.807) is 23.3 Å². The molecule has 0 aliphatic carbocycles. The predicted molar refractivity (Wildman–Crippen MR) is 135 cm³/mol. The van der Waals surface area contributed by atoms with Crippen LogP contribution in [0, 0.1) is 6.92 Å². The molecule has 2 amide bonds. The van der Waals surface area contributed by atoms with Gasteiger partial charge in [0.25, 0.3) is 0 Å². The predicted octanol–water partition coefficient (Wildman–Crippen LogP) is 4.54. The van der Waals surface area contributed by atoms with Crippen LogP contribution in [-0.4, -0.2) is 36.5 Å². The summed E-state index contributed by atoms with van der Waals surface area (Å²) in [4.78, 5) is 32.8. The molecular weight excluding hydrogens is 446 g/mol. The Hall–Kier alpha value is -3.42. The molecule has 1 fully saturated rings. The Balaban J connectivity index is 1.35. The monoisotopic (exact) mass is 473 g/mol. The number of ether oxygens (including phenoxy) is 1. The molecule has 6 nitrogen and oxygen atoms in total. The normalized spacial score (nSPS) is 15.8. The highest BCUT2D eigenvalue weighted by atomic mass is 32.1. The summed E-state index contributed by atoms with van der Waals surface area (Å²) >= 11 is 1.55. The molecule has 2 aromatic heterocycles. The van der Waals surface area contributed by atoms with Crippen molar-refractivity contribution in [2.45, 2.75) is 31.9 Å². The quantitative estimate of drug-likeness (QED) is 0.369. The number of hydrogen-bond donors (Lipinski definition) is 2. The molecule has 0 spiro atoms. The molecule has 1 aliphatic rings. The van der Waals surface area contributed by atoms with Gasteiger partial charge in [0.15, 0.2) is 0 Å². The highest BCUT2D eigenvalue weighted by Gasteiger charge is 2.30. The molecule has 7 heteroatoms. The van der Waals surface area contributed by atoms with Crippen LogP contribution in [0.4, 0.5) is 5.00 Å². The first-order valence-electron chi connectivity index (χ1n) is 11.4. The fourth-order valence-electron chi connectivity index (χ4n) is 4.27. The molecule has 2 N–H and O–H groups in total. The fourth-order valence-corrected chi connectivity index (χ4v) is 5.28. The maximum Gasteiger partial charge on any atom is 0.250 e. The van der Waals surface area contributed by atoms with Crippen molar-refractivity contribution in [2.24, 2.45) is 0 Å². The molecule has 34 heavy (non-hydrogen) atoms. The summed E-state index contributed by atoms with van der Waals surface area (Å²) in [6.07, 6.45) is 0.786. The van der Waals surface area contributed by atoms with Gasteiger partial charge < -0.3 is 19.9 Å². The molecule has 0 saturated carbocycles. The maximum atomic E-state index is 13.5. The number of epoxide rings is 1. The van der Waals surface area contributed by atoms with E-state index in [-0.39, 0.29) is 24.3 Å². The number of benzene rings is 2. The van der Waals surface area contributed by atoms with Gasteiger partial charge in [-0.15, -0.1) is 11.3 Å². The summed E-state index contributed by atoms with van der Waals surface area (Å²) in [5.41, 5.74) is 3.93. The van der Waals surface area contributed by atoms with E-state index in [9.17, 15) is 9.59 Å². The molecule has 5 rings (SSSR count). The highest BCUT2D eigenvalue weighted by molar-refractivity contribution is 7.16. The number of carbonyl (C=O) groups is 2. The number of H-pyrrole nitrogens is 1. The van der Waals surface area contributed by atoms with Gasteiger partial charge in [0.2, 0.25) is 11.8 Å². The Labute approximate surface area is 202 Å². The minimum Gasteiger partial charge on any atom is -0.367 e. The number of aromatic nitrogens is 1. The van der Waals surface area contributed by atoms with Crippen LogP contribution < -0.4 is 10.2 Å². The lowest BCUT2D eigenvalue weighted by atomic mass is 10.0. The molecule has 3 heterocycles. The number of hydrogen-bond acceptors (Lipinski definition) is 4. The van der Waals surface area contributed by atoms with Crippen LogP contribution >= 0.6 is 11.3 Å². The first-order chi connectivity index (χ1) is 16.5. The summed E-state index contributed by atoms with van der Waals surface area (Å²) in [5, 5.41) is 4.90. The Kier molecular flexibility index (Phi) is 6.22.